The SMILES string of the molecule is ClCCCCCCNCc1ccccc1Cl. The minimum Gasteiger partial charge on any atom is -0.313 e. The molecule has 1 aromatic carbocycles. The Morgan fingerprint density at radius 2 is 1.75 bits per heavy atom. The van der Waals surface area contributed by atoms with Crippen molar-refractivity contribution in [1.82, 2.24) is 5.32 Å². The highest BCUT2D eigenvalue weighted by molar-refractivity contribution is 6.31. The molecule has 1 N–H and O–H groups in total. The van der Waals surface area contributed by atoms with Crippen molar-refractivity contribution in [1.29, 1.82) is 0 Å². The third-order valence-corrected chi connectivity index (χ3v) is 3.15. The van der Waals surface area contributed by atoms with Crippen LogP contribution in [0.2, 0.25) is 5.02 Å². The molecule has 1 aromatic rings. The molecule has 0 aliphatic rings. The Morgan fingerprint density at radius 1 is 1.00 bits per heavy atom. The second-order valence-electron chi connectivity index (χ2n) is 3.87. The minimum atomic E-state index is 0.785. The van der Waals surface area contributed by atoms with Gasteiger partial charge in [-0.2, -0.15) is 0 Å². The Labute approximate surface area is 108 Å². The van der Waals surface area contributed by atoms with Crippen LogP contribution >= 0.6 is 23.2 Å². The maximum absolute atomic E-state index is 6.05. The van der Waals surface area contributed by atoms with E-state index in [-0.39, 0.29) is 0 Å². The van der Waals surface area contributed by atoms with E-state index in [9.17, 15) is 0 Å². The summed E-state index contributed by atoms with van der Waals surface area (Å²) < 4.78 is 0. The molecule has 0 radical (unpaired) electrons. The van der Waals surface area contributed by atoms with Crippen LogP contribution in [0.15, 0.2) is 24.3 Å². The molecule has 0 aliphatic heterocycles. The molecule has 0 saturated heterocycles. The van der Waals surface area contributed by atoms with E-state index in [4.69, 9.17) is 23.2 Å². The average molecular weight is 260 g/mol. The van der Waals surface area contributed by atoms with Crippen molar-refractivity contribution in [2.24, 2.45) is 0 Å². The molecule has 0 heterocycles. The van der Waals surface area contributed by atoms with Crippen LogP contribution < -0.4 is 5.32 Å². The lowest BCUT2D eigenvalue weighted by atomic mass is 10.2. The van der Waals surface area contributed by atoms with E-state index in [1.165, 1.54) is 24.8 Å². The fourth-order valence-electron chi connectivity index (χ4n) is 1.56. The van der Waals surface area contributed by atoms with E-state index in [2.05, 4.69) is 11.4 Å². The van der Waals surface area contributed by atoms with Gasteiger partial charge in [0.2, 0.25) is 0 Å². The van der Waals surface area contributed by atoms with Crippen molar-refractivity contribution in [2.75, 3.05) is 12.4 Å². The lowest BCUT2D eigenvalue weighted by Crippen LogP contribution is -2.14. The van der Waals surface area contributed by atoms with Gasteiger partial charge in [0.05, 0.1) is 0 Å². The van der Waals surface area contributed by atoms with Gasteiger partial charge in [-0.05, 0) is 31.0 Å². The van der Waals surface area contributed by atoms with Crippen LogP contribution in [-0.4, -0.2) is 12.4 Å². The molecular weight excluding hydrogens is 241 g/mol. The number of alkyl halides is 1. The molecule has 0 aromatic heterocycles. The summed E-state index contributed by atoms with van der Waals surface area (Å²) in [6.07, 6.45) is 4.83. The zero-order valence-electron chi connectivity index (χ0n) is 9.52. The molecule has 0 atom stereocenters. The summed E-state index contributed by atoms with van der Waals surface area (Å²) in [4.78, 5) is 0. The zero-order chi connectivity index (χ0) is 11.6. The predicted octanol–water partition coefficient (Wildman–Crippen LogP) is 4.23. The molecular formula is C13H19Cl2N. The Kier molecular flexibility index (Phi) is 7.65. The van der Waals surface area contributed by atoms with Crippen molar-refractivity contribution >= 4 is 23.2 Å². The predicted molar refractivity (Wildman–Crippen MR) is 72.3 cm³/mol. The molecule has 0 spiro atoms. The van der Waals surface area contributed by atoms with E-state index in [0.29, 0.717) is 0 Å². The lowest BCUT2D eigenvalue weighted by molar-refractivity contribution is 0.599. The molecule has 1 nitrogen and oxygen atoms in total. The van der Waals surface area contributed by atoms with E-state index in [0.717, 1.165) is 30.4 Å². The number of benzene rings is 1. The van der Waals surface area contributed by atoms with Gasteiger partial charge in [0, 0.05) is 17.4 Å². The molecule has 0 amide bonds. The summed E-state index contributed by atoms with van der Waals surface area (Å²) in [7, 11) is 0. The van der Waals surface area contributed by atoms with E-state index >= 15 is 0 Å². The molecule has 16 heavy (non-hydrogen) atoms. The van der Waals surface area contributed by atoms with Crippen LogP contribution in [0.3, 0.4) is 0 Å². The minimum absolute atomic E-state index is 0.785. The van der Waals surface area contributed by atoms with Gasteiger partial charge in [-0.25, -0.2) is 0 Å². The van der Waals surface area contributed by atoms with Crippen LogP contribution in [0.1, 0.15) is 31.2 Å². The van der Waals surface area contributed by atoms with Crippen molar-refractivity contribution in [3.63, 3.8) is 0 Å². The van der Waals surface area contributed by atoms with Crippen molar-refractivity contribution in [3.05, 3.63) is 34.9 Å². The second-order valence-corrected chi connectivity index (χ2v) is 4.66. The Balaban J connectivity index is 2.05. The summed E-state index contributed by atoms with van der Waals surface area (Å²) in [5.41, 5.74) is 1.17. The monoisotopic (exact) mass is 259 g/mol. The van der Waals surface area contributed by atoms with Crippen molar-refractivity contribution in [3.8, 4) is 0 Å². The summed E-state index contributed by atoms with van der Waals surface area (Å²) in [6, 6.07) is 7.96. The topological polar surface area (TPSA) is 12.0 Å². The normalized spacial score (nSPS) is 10.6. The molecule has 0 saturated carbocycles. The molecule has 0 aliphatic carbocycles. The van der Waals surface area contributed by atoms with Crippen LogP contribution in [0.25, 0.3) is 0 Å². The van der Waals surface area contributed by atoms with Gasteiger partial charge < -0.3 is 5.32 Å². The van der Waals surface area contributed by atoms with E-state index in [1.807, 2.05) is 18.2 Å². The van der Waals surface area contributed by atoms with Gasteiger partial charge >= 0.3 is 0 Å². The van der Waals surface area contributed by atoms with Gasteiger partial charge in [-0.1, -0.05) is 42.6 Å². The maximum Gasteiger partial charge on any atom is 0.0450 e. The van der Waals surface area contributed by atoms with Crippen LogP contribution in [0.5, 0.6) is 0 Å². The largest absolute Gasteiger partial charge is 0.313 e. The number of halogens is 2. The van der Waals surface area contributed by atoms with Gasteiger partial charge in [0.25, 0.3) is 0 Å². The summed E-state index contributed by atoms with van der Waals surface area (Å²) in [5, 5.41) is 4.25. The Hall–Kier alpha value is -0.240. The van der Waals surface area contributed by atoms with Crippen molar-refractivity contribution < 1.29 is 0 Å². The smallest absolute Gasteiger partial charge is 0.0450 e. The third kappa shape index (κ3) is 5.74. The zero-order valence-corrected chi connectivity index (χ0v) is 11.0. The highest BCUT2D eigenvalue weighted by Crippen LogP contribution is 2.14. The number of hydrogen-bond donors (Lipinski definition) is 1. The number of rotatable bonds is 8. The Bertz CT molecular complexity index is 289. The second kappa shape index (κ2) is 8.86. The number of hydrogen-bond acceptors (Lipinski definition) is 1. The molecule has 0 fully saturated rings. The molecule has 0 unspecified atom stereocenters. The maximum atomic E-state index is 6.05. The quantitative estimate of drug-likeness (QED) is 0.545. The first-order chi connectivity index (χ1) is 7.84. The van der Waals surface area contributed by atoms with Crippen molar-refractivity contribution in [2.45, 2.75) is 32.2 Å². The van der Waals surface area contributed by atoms with Gasteiger partial charge in [-0.15, -0.1) is 11.6 Å². The lowest BCUT2D eigenvalue weighted by Gasteiger charge is -2.06. The third-order valence-electron chi connectivity index (χ3n) is 2.51. The first-order valence-corrected chi connectivity index (χ1v) is 6.76. The van der Waals surface area contributed by atoms with Gasteiger partial charge in [-0.3, -0.25) is 0 Å². The first-order valence-electron chi connectivity index (χ1n) is 5.84. The van der Waals surface area contributed by atoms with Crippen LogP contribution in [-0.2, 0) is 6.54 Å². The summed E-state index contributed by atoms with van der Waals surface area (Å²) >= 11 is 11.7. The fourth-order valence-corrected chi connectivity index (χ4v) is 1.95. The standard InChI is InChI=1S/C13H19Cl2N/c14-9-5-1-2-6-10-16-11-12-7-3-4-8-13(12)15/h3-4,7-8,16H,1-2,5-6,9-11H2. The summed E-state index contributed by atoms with van der Waals surface area (Å²) in [6.45, 7) is 1.91. The molecule has 1 rings (SSSR count). The van der Waals surface area contributed by atoms with Crippen LogP contribution in [0.4, 0.5) is 0 Å². The van der Waals surface area contributed by atoms with E-state index < -0.39 is 0 Å². The van der Waals surface area contributed by atoms with Gasteiger partial charge in [0.1, 0.15) is 0 Å². The molecule has 3 heteroatoms. The Morgan fingerprint density at radius 3 is 2.50 bits per heavy atom. The van der Waals surface area contributed by atoms with Crippen LogP contribution in [0, 0.1) is 0 Å². The highest BCUT2D eigenvalue weighted by Gasteiger charge is 1.97. The fraction of sp³-hybridized carbons (Fsp3) is 0.538. The van der Waals surface area contributed by atoms with E-state index in [1.54, 1.807) is 0 Å². The molecule has 0 bridgehead atoms. The summed E-state index contributed by atoms with van der Waals surface area (Å²) in [5.74, 6) is 0.785. The first kappa shape index (κ1) is 13.8. The average Bonchev–Trinajstić information content (AvgIpc) is 2.30. The highest BCUT2D eigenvalue weighted by atomic mass is 35.5. The van der Waals surface area contributed by atoms with Gasteiger partial charge in [0.15, 0.2) is 0 Å². The molecule has 90 valence electrons. The number of nitrogens with one attached hydrogen (secondary N) is 1. The number of unbranched alkanes of at least 4 members (excludes halogenated alkanes) is 3.